The monoisotopic (exact) mass is 152 g/mol. The standard InChI is InChI=1S/C2H4N2S3/c3-2-4-1-6-7(2)5/h1H2,(H2,3,4). The lowest BCUT2D eigenvalue weighted by Gasteiger charge is -1.84. The largest absolute Gasteiger partial charge is 0.378 e. The van der Waals surface area contributed by atoms with Crippen LogP contribution in [0.2, 0.25) is 0 Å². The van der Waals surface area contributed by atoms with Gasteiger partial charge in [0.15, 0.2) is 5.17 Å². The number of amidine groups is 1. The van der Waals surface area contributed by atoms with Crippen LogP contribution >= 0.6 is 10.8 Å². The first-order valence-electron chi connectivity index (χ1n) is 1.65. The molecule has 1 atom stereocenters. The minimum atomic E-state index is -0.190. The van der Waals surface area contributed by atoms with Crippen LogP contribution in [-0.4, -0.2) is 11.0 Å². The van der Waals surface area contributed by atoms with E-state index in [0.717, 1.165) is 5.88 Å². The quantitative estimate of drug-likeness (QED) is 0.497. The molecule has 0 aromatic heterocycles. The fourth-order valence-corrected chi connectivity index (χ4v) is 2.42. The predicted molar refractivity (Wildman–Crippen MR) is 38.8 cm³/mol. The number of nitrogens with zero attached hydrogens (tertiary/aromatic N) is 1. The summed E-state index contributed by atoms with van der Waals surface area (Å²) in [6, 6.07) is 0. The van der Waals surface area contributed by atoms with Gasteiger partial charge < -0.3 is 5.73 Å². The van der Waals surface area contributed by atoms with E-state index in [4.69, 9.17) is 16.9 Å². The Morgan fingerprint density at radius 2 is 2.71 bits per heavy atom. The molecular weight excluding hydrogens is 148 g/mol. The highest BCUT2D eigenvalue weighted by Gasteiger charge is 2.05. The molecule has 1 aliphatic heterocycles. The van der Waals surface area contributed by atoms with Gasteiger partial charge in [0.25, 0.3) is 0 Å². The fraction of sp³-hybridized carbons (Fsp3) is 0.500. The second kappa shape index (κ2) is 2.11. The van der Waals surface area contributed by atoms with Gasteiger partial charge in [-0.25, -0.2) is 0 Å². The Bertz CT molecular complexity index is 129. The van der Waals surface area contributed by atoms with Crippen molar-refractivity contribution in [2.75, 3.05) is 5.88 Å². The lowest BCUT2D eigenvalue weighted by molar-refractivity contribution is 1.39. The number of hydrogen-bond donors (Lipinski definition) is 1. The molecular formula is C2H4N2S3. The molecule has 0 amide bonds. The van der Waals surface area contributed by atoms with E-state index in [9.17, 15) is 0 Å². The zero-order valence-electron chi connectivity index (χ0n) is 3.46. The molecule has 0 aromatic carbocycles. The first kappa shape index (κ1) is 5.53. The maximum Gasteiger partial charge on any atom is 0.169 e. The Labute approximate surface area is 52.6 Å². The first-order valence-corrected chi connectivity index (χ1v) is 5.31. The molecule has 0 aliphatic carbocycles. The van der Waals surface area contributed by atoms with Crippen LogP contribution in [0.5, 0.6) is 0 Å². The van der Waals surface area contributed by atoms with Gasteiger partial charge in [-0.1, -0.05) is 10.8 Å². The van der Waals surface area contributed by atoms with Crippen LogP contribution in [0, 0.1) is 0 Å². The van der Waals surface area contributed by atoms with Gasteiger partial charge in [0, 0.05) is 8.49 Å². The maximum absolute atomic E-state index is 5.32. The summed E-state index contributed by atoms with van der Waals surface area (Å²) in [5, 5.41) is 0.639. The zero-order chi connectivity index (χ0) is 5.28. The Morgan fingerprint density at radius 1 is 2.00 bits per heavy atom. The number of hydrogen-bond acceptors (Lipinski definition) is 4. The van der Waals surface area contributed by atoms with Crippen LogP contribution in [-0.2, 0) is 19.7 Å². The van der Waals surface area contributed by atoms with Crippen LogP contribution in [0.1, 0.15) is 0 Å². The van der Waals surface area contributed by atoms with Gasteiger partial charge in [0.1, 0.15) is 0 Å². The average Bonchev–Trinajstić information content (AvgIpc) is 1.91. The van der Waals surface area contributed by atoms with Gasteiger partial charge in [-0.15, -0.1) is 0 Å². The van der Waals surface area contributed by atoms with Crippen molar-refractivity contribution < 1.29 is 0 Å². The van der Waals surface area contributed by atoms with E-state index in [2.05, 4.69) is 4.99 Å². The molecule has 0 saturated carbocycles. The smallest absolute Gasteiger partial charge is 0.169 e. The minimum absolute atomic E-state index is 0.190. The van der Waals surface area contributed by atoms with Crippen molar-refractivity contribution in [3.63, 3.8) is 0 Å². The molecule has 40 valence electrons. The molecule has 0 bridgehead atoms. The molecule has 1 aliphatic rings. The lowest BCUT2D eigenvalue weighted by Crippen LogP contribution is -2.10. The van der Waals surface area contributed by atoms with Gasteiger partial charge in [0.2, 0.25) is 0 Å². The van der Waals surface area contributed by atoms with Crippen molar-refractivity contribution >= 4 is 35.6 Å². The Kier molecular flexibility index (Phi) is 1.66. The normalized spacial score (nSPS) is 30.3. The highest BCUT2D eigenvalue weighted by molar-refractivity contribution is 8.88. The summed E-state index contributed by atoms with van der Waals surface area (Å²) in [6.07, 6.45) is 0. The molecule has 0 radical (unpaired) electrons. The first-order chi connectivity index (χ1) is 3.30. The molecule has 2 nitrogen and oxygen atoms in total. The van der Waals surface area contributed by atoms with Crippen molar-refractivity contribution in [2.45, 2.75) is 0 Å². The summed E-state index contributed by atoms with van der Waals surface area (Å²) in [6.45, 7) is 0. The third-order valence-electron chi connectivity index (χ3n) is 0.551. The molecule has 1 unspecified atom stereocenters. The third-order valence-corrected chi connectivity index (χ3v) is 4.32. The van der Waals surface area contributed by atoms with Crippen molar-refractivity contribution in [3.05, 3.63) is 0 Å². The van der Waals surface area contributed by atoms with Gasteiger partial charge >= 0.3 is 0 Å². The van der Waals surface area contributed by atoms with Crippen molar-refractivity contribution in [1.82, 2.24) is 0 Å². The summed E-state index contributed by atoms with van der Waals surface area (Å²) in [5.41, 5.74) is 5.32. The molecule has 0 aromatic rings. The summed E-state index contributed by atoms with van der Waals surface area (Å²) in [4.78, 5) is 3.88. The Balaban J connectivity index is 2.72. The van der Waals surface area contributed by atoms with E-state index in [1.807, 2.05) is 0 Å². The van der Waals surface area contributed by atoms with Gasteiger partial charge in [-0.3, -0.25) is 4.99 Å². The van der Waals surface area contributed by atoms with Gasteiger partial charge in [-0.2, -0.15) is 0 Å². The molecule has 0 fully saturated rings. The van der Waals surface area contributed by atoms with E-state index in [1.165, 1.54) is 0 Å². The summed E-state index contributed by atoms with van der Waals surface area (Å²) in [7, 11) is 1.43. The fourth-order valence-electron chi connectivity index (χ4n) is 0.251. The van der Waals surface area contributed by atoms with E-state index in [0.29, 0.717) is 5.17 Å². The van der Waals surface area contributed by atoms with Crippen LogP contribution in [0.3, 0.4) is 0 Å². The summed E-state index contributed by atoms with van der Waals surface area (Å²) >= 11 is 4.86. The topological polar surface area (TPSA) is 38.4 Å². The number of nitrogens with two attached hydrogens (primary N) is 1. The Morgan fingerprint density at radius 3 is 2.86 bits per heavy atom. The average molecular weight is 152 g/mol. The highest BCUT2D eigenvalue weighted by atomic mass is 33.3. The van der Waals surface area contributed by atoms with E-state index in [-0.39, 0.29) is 8.49 Å². The summed E-state index contributed by atoms with van der Waals surface area (Å²) < 4.78 is 0. The SMILES string of the molecule is NC1=NCSS1=S. The molecule has 7 heavy (non-hydrogen) atoms. The highest BCUT2D eigenvalue weighted by Crippen LogP contribution is 2.14. The second-order valence-corrected chi connectivity index (χ2v) is 5.70. The summed E-state index contributed by atoms with van der Waals surface area (Å²) in [5.74, 6) is 0.762. The van der Waals surface area contributed by atoms with Crippen LogP contribution in [0.25, 0.3) is 0 Å². The van der Waals surface area contributed by atoms with Crippen LogP contribution < -0.4 is 5.73 Å². The molecule has 2 N–H and O–H groups in total. The van der Waals surface area contributed by atoms with Gasteiger partial charge in [0.05, 0.1) is 5.88 Å². The predicted octanol–water partition coefficient (Wildman–Crippen LogP) is 0.000600. The van der Waals surface area contributed by atoms with Crippen LogP contribution in [0.4, 0.5) is 0 Å². The lowest BCUT2D eigenvalue weighted by atomic mass is 11.2. The van der Waals surface area contributed by atoms with E-state index >= 15 is 0 Å². The molecule has 1 heterocycles. The molecule has 0 spiro atoms. The maximum atomic E-state index is 5.32. The number of aliphatic imine (C=N–C) groups is 1. The van der Waals surface area contributed by atoms with Crippen molar-refractivity contribution in [3.8, 4) is 0 Å². The molecule has 5 heteroatoms. The van der Waals surface area contributed by atoms with E-state index in [1.54, 1.807) is 10.8 Å². The number of rotatable bonds is 0. The molecule has 0 saturated heterocycles. The van der Waals surface area contributed by atoms with Crippen molar-refractivity contribution in [2.24, 2.45) is 10.7 Å². The second-order valence-electron chi connectivity index (χ2n) is 0.978. The Hall–Kier alpha value is 0.390. The third kappa shape index (κ3) is 1.14. The van der Waals surface area contributed by atoms with E-state index < -0.39 is 0 Å². The van der Waals surface area contributed by atoms with Gasteiger partial charge in [-0.05, 0) is 11.2 Å². The minimum Gasteiger partial charge on any atom is -0.378 e. The molecule has 1 rings (SSSR count). The van der Waals surface area contributed by atoms with Crippen LogP contribution in [0.15, 0.2) is 4.99 Å². The zero-order valence-corrected chi connectivity index (χ0v) is 5.91. The van der Waals surface area contributed by atoms with Crippen molar-refractivity contribution in [1.29, 1.82) is 0 Å².